The molecule has 2 amide bonds. The zero-order chi connectivity index (χ0) is 21.6. The fraction of sp³-hybridized carbons (Fsp3) is 0.0909. The molecule has 2 heterocycles. The molecular formula is C22H17FN4O3S. The number of para-hydroxylation sites is 1. The second-order valence-corrected chi connectivity index (χ2v) is 7.15. The number of hydrogen-bond donors (Lipinski definition) is 1. The number of anilines is 1. The average Bonchev–Trinajstić information content (AvgIpc) is 3.51. The molecule has 7 nitrogen and oxygen atoms in total. The summed E-state index contributed by atoms with van der Waals surface area (Å²) in [6, 6.07) is 16.9. The van der Waals surface area contributed by atoms with Crippen molar-refractivity contribution in [2.45, 2.75) is 12.6 Å². The van der Waals surface area contributed by atoms with Crippen LogP contribution in [0.1, 0.15) is 27.9 Å². The number of furan rings is 1. The van der Waals surface area contributed by atoms with Crippen LogP contribution in [0.5, 0.6) is 0 Å². The van der Waals surface area contributed by atoms with Crippen LogP contribution in [0.2, 0.25) is 0 Å². The second-order valence-electron chi connectivity index (χ2n) is 6.54. The molecule has 9 heteroatoms. The molecule has 0 saturated carbocycles. The van der Waals surface area contributed by atoms with Crippen molar-refractivity contribution in [3.8, 4) is 0 Å². The number of carbonyl (C=O) groups excluding carboxylic acids is 2. The van der Waals surface area contributed by atoms with Crippen molar-refractivity contribution in [2.75, 3.05) is 4.90 Å². The number of benzene rings is 2. The lowest BCUT2D eigenvalue weighted by Crippen LogP contribution is -2.44. The maximum Gasteiger partial charge on any atom is 0.280 e. The van der Waals surface area contributed by atoms with Gasteiger partial charge < -0.3 is 9.73 Å². The molecule has 0 radical (unpaired) electrons. The van der Waals surface area contributed by atoms with Crippen LogP contribution in [-0.4, -0.2) is 21.4 Å². The van der Waals surface area contributed by atoms with Gasteiger partial charge in [0.25, 0.3) is 11.8 Å². The van der Waals surface area contributed by atoms with E-state index in [0.29, 0.717) is 0 Å². The Labute approximate surface area is 181 Å². The molecule has 31 heavy (non-hydrogen) atoms. The van der Waals surface area contributed by atoms with Crippen LogP contribution >= 0.6 is 11.5 Å². The molecule has 0 bridgehead atoms. The molecular weight excluding hydrogens is 419 g/mol. The third-order valence-corrected chi connectivity index (χ3v) is 5.04. The van der Waals surface area contributed by atoms with E-state index in [2.05, 4.69) is 14.9 Å². The van der Waals surface area contributed by atoms with Crippen molar-refractivity contribution in [3.63, 3.8) is 0 Å². The number of rotatable bonds is 7. The number of amides is 2. The maximum absolute atomic E-state index is 14.8. The lowest BCUT2D eigenvalue weighted by Gasteiger charge is -2.29. The lowest BCUT2D eigenvalue weighted by atomic mass is 10.1. The van der Waals surface area contributed by atoms with Gasteiger partial charge >= 0.3 is 0 Å². The van der Waals surface area contributed by atoms with Crippen LogP contribution in [0.3, 0.4) is 0 Å². The van der Waals surface area contributed by atoms with Crippen LogP contribution in [0, 0.1) is 5.82 Å². The number of aromatic nitrogens is 2. The molecule has 0 saturated heterocycles. The van der Waals surface area contributed by atoms with Crippen molar-refractivity contribution < 1.29 is 18.4 Å². The summed E-state index contributed by atoms with van der Waals surface area (Å²) in [6.07, 6.45) is 1.39. The third-order valence-electron chi connectivity index (χ3n) is 4.54. The Hall–Kier alpha value is -3.85. The minimum Gasteiger partial charge on any atom is -0.467 e. The monoisotopic (exact) mass is 436 g/mol. The molecule has 2 aromatic carbocycles. The summed E-state index contributed by atoms with van der Waals surface area (Å²) in [4.78, 5) is 27.7. The molecule has 0 aliphatic rings. The van der Waals surface area contributed by atoms with Gasteiger partial charge in [-0.2, -0.15) is 0 Å². The number of nitrogens with zero attached hydrogens (tertiary/aromatic N) is 3. The van der Waals surface area contributed by atoms with Gasteiger partial charge in [-0.1, -0.05) is 47.0 Å². The highest BCUT2D eigenvalue weighted by Gasteiger charge is 2.37. The third kappa shape index (κ3) is 4.51. The minimum atomic E-state index is -1.26. The van der Waals surface area contributed by atoms with E-state index >= 15 is 0 Å². The quantitative estimate of drug-likeness (QED) is 0.474. The summed E-state index contributed by atoms with van der Waals surface area (Å²) in [6.45, 7) is 0.231. The van der Waals surface area contributed by atoms with Gasteiger partial charge in [-0.25, -0.2) is 4.39 Å². The minimum absolute atomic E-state index is 0.000619. The van der Waals surface area contributed by atoms with Gasteiger partial charge in [-0.3, -0.25) is 14.5 Å². The summed E-state index contributed by atoms with van der Waals surface area (Å²) in [5, 5.41) is 8.05. The van der Waals surface area contributed by atoms with E-state index < -0.39 is 23.7 Å². The molecule has 4 rings (SSSR count). The topological polar surface area (TPSA) is 88.3 Å². The van der Waals surface area contributed by atoms with Crippen LogP contribution < -0.4 is 10.2 Å². The fourth-order valence-electron chi connectivity index (χ4n) is 3.10. The predicted molar refractivity (Wildman–Crippen MR) is 113 cm³/mol. The first-order valence-corrected chi connectivity index (χ1v) is 10.2. The summed E-state index contributed by atoms with van der Waals surface area (Å²) in [5.41, 5.74) is 0.805. The highest BCUT2D eigenvalue weighted by Crippen LogP contribution is 2.31. The van der Waals surface area contributed by atoms with Crippen molar-refractivity contribution >= 4 is 29.0 Å². The molecule has 2 aromatic heterocycles. The first-order chi connectivity index (χ1) is 15.1. The Morgan fingerprint density at radius 2 is 1.84 bits per heavy atom. The summed E-state index contributed by atoms with van der Waals surface area (Å²) >= 11 is 0.983. The summed E-state index contributed by atoms with van der Waals surface area (Å²) < 4.78 is 23.9. The molecule has 156 valence electrons. The van der Waals surface area contributed by atoms with Gasteiger partial charge in [0.1, 0.15) is 11.6 Å². The lowest BCUT2D eigenvalue weighted by molar-refractivity contribution is -0.123. The van der Waals surface area contributed by atoms with Gasteiger partial charge in [0.05, 0.1) is 12.0 Å². The molecule has 4 aromatic rings. The molecule has 1 N–H and O–H groups in total. The Kier molecular flexibility index (Phi) is 6.13. The van der Waals surface area contributed by atoms with Crippen LogP contribution in [-0.2, 0) is 11.3 Å². The Morgan fingerprint density at radius 3 is 2.52 bits per heavy atom. The second kappa shape index (κ2) is 9.31. The van der Waals surface area contributed by atoms with Gasteiger partial charge in [0.15, 0.2) is 11.7 Å². The van der Waals surface area contributed by atoms with Crippen molar-refractivity contribution in [2.24, 2.45) is 0 Å². The Balaban J connectivity index is 1.74. The summed E-state index contributed by atoms with van der Waals surface area (Å²) in [5.74, 6) is -1.68. The van der Waals surface area contributed by atoms with Crippen LogP contribution in [0.4, 0.5) is 10.1 Å². The molecule has 0 aliphatic carbocycles. The number of halogens is 1. The van der Waals surface area contributed by atoms with Crippen molar-refractivity contribution in [1.29, 1.82) is 0 Å². The first-order valence-electron chi connectivity index (χ1n) is 9.35. The zero-order valence-corrected chi connectivity index (χ0v) is 17.0. The summed E-state index contributed by atoms with van der Waals surface area (Å²) in [7, 11) is 0. The fourth-order valence-corrected chi connectivity index (χ4v) is 3.53. The number of carbonyl (C=O) groups is 2. The van der Waals surface area contributed by atoms with Gasteiger partial charge in [-0.05, 0) is 41.4 Å². The largest absolute Gasteiger partial charge is 0.467 e. The maximum atomic E-state index is 14.8. The van der Waals surface area contributed by atoms with E-state index in [1.165, 1.54) is 29.8 Å². The van der Waals surface area contributed by atoms with E-state index in [1.807, 2.05) is 30.3 Å². The van der Waals surface area contributed by atoms with Crippen LogP contribution in [0.25, 0.3) is 0 Å². The van der Waals surface area contributed by atoms with Gasteiger partial charge in [0.2, 0.25) is 0 Å². The molecule has 0 spiro atoms. The molecule has 0 fully saturated rings. The number of hydrogen-bond acceptors (Lipinski definition) is 6. The normalized spacial score (nSPS) is 11.6. The van der Waals surface area contributed by atoms with E-state index in [4.69, 9.17) is 4.42 Å². The average molecular weight is 436 g/mol. The molecule has 0 aliphatic heterocycles. The van der Waals surface area contributed by atoms with Crippen molar-refractivity contribution in [3.05, 3.63) is 101 Å². The first kappa shape index (κ1) is 20.4. The molecule has 0 unspecified atom stereocenters. The Morgan fingerprint density at radius 1 is 1.06 bits per heavy atom. The van der Waals surface area contributed by atoms with Crippen molar-refractivity contribution in [1.82, 2.24) is 14.9 Å². The standard InChI is InChI=1S/C22H17FN4O3S/c23-16-9-4-5-10-18(16)27(22(29)17-14-31-26-25-17)20(19-11-6-12-30-19)21(28)24-13-15-7-2-1-3-8-15/h1-12,14,20H,13H2,(H,24,28)/t20-/m0/s1. The molecule has 1 atom stereocenters. The van der Waals surface area contributed by atoms with E-state index in [9.17, 15) is 14.0 Å². The zero-order valence-electron chi connectivity index (χ0n) is 16.1. The van der Waals surface area contributed by atoms with Gasteiger partial charge in [-0.15, -0.1) is 5.10 Å². The van der Waals surface area contributed by atoms with E-state index in [0.717, 1.165) is 22.0 Å². The van der Waals surface area contributed by atoms with Gasteiger partial charge in [0, 0.05) is 11.9 Å². The van der Waals surface area contributed by atoms with E-state index in [1.54, 1.807) is 18.2 Å². The Bertz CT molecular complexity index is 1150. The number of nitrogens with one attached hydrogen (secondary N) is 1. The predicted octanol–water partition coefficient (Wildman–Crippen LogP) is 3.97. The van der Waals surface area contributed by atoms with E-state index in [-0.39, 0.29) is 23.7 Å². The SMILES string of the molecule is O=C(NCc1ccccc1)[C@H](c1ccco1)N(C(=O)c1csnn1)c1ccccc1F. The highest BCUT2D eigenvalue weighted by molar-refractivity contribution is 7.03. The van der Waals surface area contributed by atoms with Crippen LogP contribution in [0.15, 0.2) is 82.8 Å². The smallest absolute Gasteiger partial charge is 0.280 e. The highest BCUT2D eigenvalue weighted by atomic mass is 32.1.